The van der Waals surface area contributed by atoms with E-state index in [1.54, 1.807) is 11.3 Å². The van der Waals surface area contributed by atoms with Gasteiger partial charge in [-0.15, -0.1) is 11.3 Å². The average molecular weight is 291 g/mol. The van der Waals surface area contributed by atoms with Crippen molar-refractivity contribution in [2.24, 2.45) is 7.05 Å². The third-order valence-corrected chi connectivity index (χ3v) is 5.13. The fraction of sp³-hybridized carbons (Fsp3) is 0.533. The summed E-state index contributed by atoms with van der Waals surface area (Å²) in [5, 5.41) is 16.6. The Hall–Kier alpha value is -1.17. The summed E-state index contributed by atoms with van der Waals surface area (Å²) in [6, 6.07) is 6.58. The SMILES string of the molecule is Cn1nccc1CN1CCCC1CC(O)c1cccs1. The first-order valence-electron chi connectivity index (χ1n) is 7.16. The third kappa shape index (κ3) is 2.95. The molecule has 0 aromatic carbocycles. The molecule has 2 aromatic heterocycles. The molecule has 0 bridgehead atoms. The van der Waals surface area contributed by atoms with Crippen LogP contribution in [0, 0.1) is 0 Å². The largest absolute Gasteiger partial charge is 0.388 e. The van der Waals surface area contributed by atoms with Crippen molar-refractivity contribution in [2.75, 3.05) is 6.54 Å². The first-order valence-corrected chi connectivity index (χ1v) is 8.04. The Morgan fingerprint density at radius 1 is 1.50 bits per heavy atom. The molecule has 0 amide bonds. The summed E-state index contributed by atoms with van der Waals surface area (Å²) in [4.78, 5) is 3.56. The Morgan fingerprint density at radius 3 is 3.10 bits per heavy atom. The highest BCUT2D eigenvalue weighted by atomic mass is 32.1. The van der Waals surface area contributed by atoms with E-state index in [1.165, 1.54) is 18.5 Å². The van der Waals surface area contributed by atoms with Gasteiger partial charge in [0.15, 0.2) is 0 Å². The van der Waals surface area contributed by atoms with Crippen molar-refractivity contribution in [3.63, 3.8) is 0 Å². The first kappa shape index (κ1) is 13.8. The molecule has 1 aliphatic heterocycles. The molecule has 0 saturated carbocycles. The second-order valence-corrected chi connectivity index (χ2v) is 6.46. The van der Waals surface area contributed by atoms with E-state index in [4.69, 9.17) is 0 Å². The van der Waals surface area contributed by atoms with Gasteiger partial charge in [-0.3, -0.25) is 9.58 Å². The fourth-order valence-electron chi connectivity index (χ4n) is 2.99. The zero-order valence-corrected chi connectivity index (χ0v) is 12.6. The number of aryl methyl sites for hydroxylation is 1. The number of hydrogen-bond acceptors (Lipinski definition) is 4. The lowest BCUT2D eigenvalue weighted by atomic mass is 10.1. The molecule has 108 valence electrons. The molecule has 1 saturated heterocycles. The van der Waals surface area contributed by atoms with Crippen LogP contribution in [0.15, 0.2) is 29.8 Å². The molecule has 0 radical (unpaired) electrons. The number of aliphatic hydroxyl groups excluding tert-OH is 1. The molecule has 5 heteroatoms. The quantitative estimate of drug-likeness (QED) is 0.920. The van der Waals surface area contributed by atoms with E-state index in [-0.39, 0.29) is 6.10 Å². The highest BCUT2D eigenvalue weighted by Crippen LogP contribution is 2.30. The first-order chi connectivity index (χ1) is 9.74. The molecule has 3 rings (SSSR count). The van der Waals surface area contributed by atoms with Gasteiger partial charge in [-0.1, -0.05) is 6.07 Å². The summed E-state index contributed by atoms with van der Waals surface area (Å²) in [6.07, 6.45) is 4.76. The van der Waals surface area contributed by atoms with E-state index in [0.717, 1.165) is 24.4 Å². The van der Waals surface area contributed by atoms with Crippen LogP contribution < -0.4 is 0 Å². The molecule has 2 unspecified atom stereocenters. The molecule has 2 atom stereocenters. The van der Waals surface area contributed by atoms with Gasteiger partial charge in [0, 0.05) is 30.7 Å². The Labute approximate surface area is 123 Å². The van der Waals surface area contributed by atoms with Crippen LogP contribution in [0.2, 0.25) is 0 Å². The van der Waals surface area contributed by atoms with E-state index in [2.05, 4.69) is 16.1 Å². The second kappa shape index (κ2) is 6.08. The average Bonchev–Trinajstić information content (AvgIpc) is 3.14. The van der Waals surface area contributed by atoms with Gasteiger partial charge in [0.1, 0.15) is 0 Å². The molecule has 20 heavy (non-hydrogen) atoms. The van der Waals surface area contributed by atoms with Crippen molar-refractivity contribution in [2.45, 2.75) is 38.0 Å². The lowest BCUT2D eigenvalue weighted by molar-refractivity contribution is 0.119. The van der Waals surface area contributed by atoms with Crippen LogP contribution in [0.3, 0.4) is 0 Å². The summed E-state index contributed by atoms with van der Waals surface area (Å²) >= 11 is 1.64. The fourth-order valence-corrected chi connectivity index (χ4v) is 3.71. The monoisotopic (exact) mass is 291 g/mol. The van der Waals surface area contributed by atoms with Crippen molar-refractivity contribution >= 4 is 11.3 Å². The van der Waals surface area contributed by atoms with E-state index in [1.807, 2.05) is 35.4 Å². The van der Waals surface area contributed by atoms with Crippen molar-refractivity contribution in [3.8, 4) is 0 Å². The van der Waals surface area contributed by atoms with Crippen molar-refractivity contribution < 1.29 is 5.11 Å². The second-order valence-electron chi connectivity index (χ2n) is 5.48. The van der Waals surface area contributed by atoms with Crippen LogP contribution in [0.5, 0.6) is 0 Å². The molecule has 2 aromatic rings. The molecule has 4 nitrogen and oxygen atoms in total. The van der Waals surface area contributed by atoms with E-state index in [0.29, 0.717) is 6.04 Å². The van der Waals surface area contributed by atoms with E-state index >= 15 is 0 Å². The van der Waals surface area contributed by atoms with Gasteiger partial charge in [0.2, 0.25) is 0 Å². The zero-order chi connectivity index (χ0) is 13.9. The van der Waals surface area contributed by atoms with Crippen molar-refractivity contribution in [1.82, 2.24) is 14.7 Å². The summed E-state index contributed by atoms with van der Waals surface area (Å²) in [6.45, 7) is 2.05. The molecule has 3 heterocycles. The predicted octanol–water partition coefficient (Wildman–Crippen LogP) is 2.57. The smallest absolute Gasteiger partial charge is 0.0896 e. The number of nitrogens with zero attached hydrogens (tertiary/aromatic N) is 3. The molecule has 0 aliphatic carbocycles. The van der Waals surface area contributed by atoms with Crippen LogP contribution in [0.4, 0.5) is 0 Å². The van der Waals surface area contributed by atoms with Gasteiger partial charge >= 0.3 is 0 Å². The Bertz CT molecular complexity index is 537. The van der Waals surface area contributed by atoms with Gasteiger partial charge in [-0.25, -0.2) is 0 Å². The number of hydrogen-bond donors (Lipinski definition) is 1. The Kier molecular flexibility index (Phi) is 4.19. The van der Waals surface area contributed by atoms with Gasteiger partial charge in [0.25, 0.3) is 0 Å². The lowest BCUT2D eigenvalue weighted by Crippen LogP contribution is -2.31. The Morgan fingerprint density at radius 2 is 2.40 bits per heavy atom. The number of aromatic nitrogens is 2. The standard InChI is InChI=1S/C15H21N3OS/c1-17-13(6-7-16-17)11-18-8-2-4-12(18)10-14(19)15-5-3-9-20-15/h3,5-7,9,12,14,19H,2,4,8,10-11H2,1H3. The lowest BCUT2D eigenvalue weighted by Gasteiger charge is -2.26. The maximum atomic E-state index is 10.3. The molecule has 1 fully saturated rings. The molecule has 0 spiro atoms. The van der Waals surface area contributed by atoms with Crippen LogP contribution in [0.1, 0.15) is 35.9 Å². The van der Waals surface area contributed by atoms with Gasteiger partial charge in [0.05, 0.1) is 11.8 Å². The van der Waals surface area contributed by atoms with Gasteiger partial charge in [-0.05, 0) is 43.3 Å². The topological polar surface area (TPSA) is 41.3 Å². The Balaban J connectivity index is 1.62. The summed E-state index contributed by atoms with van der Waals surface area (Å²) < 4.78 is 1.94. The molecule has 1 aliphatic rings. The third-order valence-electron chi connectivity index (χ3n) is 4.15. The van der Waals surface area contributed by atoms with E-state index in [9.17, 15) is 5.11 Å². The minimum atomic E-state index is -0.327. The predicted molar refractivity (Wildman–Crippen MR) is 80.5 cm³/mol. The maximum Gasteiger partial charge on any atom is 0.0896 e. The van der Waals surface area contributed by atoms with Crippen molar-refractivity contribution in [1.29, 1.82) is 0 Å². The molecular formula is C15H21N3OS. The normalized spacial score (nSPS) is 21.4. The van der Waals surface area contributed by atoms with Gasteiger partial charge < -0.3 is 5.11 Å². The van der Waals surface area contributed by atoms with Gasteiger partial charge in [-0.2, -0.15) is 5.10 Å². The van der Waals surface area contributed by atoms with Crippen LogP contribution in [0.25, 0.3) is 0 Å². The summed E-state index contributed by atoms with van der Waals surface area (Å²) in [7, 11) is 1.99. The van der Waals surface area contributed by atoms with Crippen molar-refractivity contribution in [3.05, 3.63) is 40.3 Å². The maximum absolute atomic E-state index is 10.3. The number of rotatable bonds is 5. The number of aliphatic hydroxyl groups is 1. The minimum Gasteiger partial charge on any atom is -0.388 e. The van der Waals surface area contributed by atoms with Crippen LogP contribution in [-0.2, 0) is 13.6 Å². The zero-order valence-electron chi connectivity index (χ0n) is 11.8. The number of likely N-dealkylation sites (tertiary alicyclic amines) is 1. The van der Waals surface area contributed by atoms with Crippen LogP contribution in [-0.4, -0.2) is 32.4 Å². The van der Waals surface area contributed by atoms with Crippen LogP contribution >= 0.6 is 11.3 Å². The number of thiophene rings is 1. The minimum absolute atomic E-state index is 0.327. The van der Waals surface area contributed by atoms with E-state index < -0.39 is 0 Å². The highest BCUT2D eigenvalue weighted by molar-refractivity contribution is 7.10. The highest BCUT2D eigenvalue weighted by Gasteiger charge is 2.27. The molecular weight excluding hydrogens is 270 g/mol. The summed E-state index contributed by atoms with van der Waals surface area (Å²) in [5.41, 5.74) is 1.24. The summed E-state index contributed by atoms with van der Waals surface area (Å²) in [5.74, 6) is 0. The molecule has 1 N–H and O–H groups in total.